The molecule has 6 nitrogen and oxygen atoms in total. The van der Waals surface area contributed by atoms with Gasteiger partial charge in [-0.15, -0.1) is 0 Å². The van der Waals surface area contributed by atoms with E-state index in [9.17, 15) is 4.79 Å². The number of rotatable bonds is 4. The van der Waals surface area contributed by atoms with E-state index in [0.29, 0.717) is 23.1 Å². The van der Waals surface area contributed by atoms with E-state index in [1.807, 2.05) is 25.1 Å². The van der Waals surface area contributed by atoms with Crippen molar-refractivity contribution in [1.29, 1.82) is 0 Å². The molecule has 0 amide bonds. The number of esters is 1. The van der Waals surface area contributed by atoms with Gasteiger partial charge in [-0.05, 0) is 19.1 Å². The fraction of sp³-hybridized carbons (Fsp3) is 0.286. The second-order valence-corrected chi connectivity index (χ2v) is 4.14. The third-order valence-corrected chi connectivity index (χ3v) is 2.64. The average molecular weight is 273 g/mol. The summed E-state index contributed by atoms with van der Waals surface area (Å²) in [6.45, 7) is 1.89. The first-order chi connectivity index (χ1) is 9.62. The first-order valence-electron chi connectivity index (χ1n) is 6.05. The molecule has 0 unspecified atom stereocenters. The van der Waals surface area contributed by atoms with Gasteiger partial charge in [0.1, 0.15) is 5.69 Å². The second kappa shape index (κ2) is 6.10. The van der Waals surface area contributed by atoms with Crippen molar-refractivity contribution in [3.8, 4) is 17.4 Å². The molecule has 6 heteroatoms. The molecule has 0 atom stereocenters. The van der Waals surface area contributed by atoms with Crippen LogP contribution in [0.1, 0.15) is 11.4 Å². The van der Waals surface area contributed by atoms with Crippen molar-refractivity contribution in [2.24, 2.45) is 0 Å². The summed E-state index contributed by atoms with van der Waals surface area (Å²) in [7, 11) is 2.85. The minimum atomic E-state index is -0.367. The van der Waals surface area contributed by atoms with Gasteiger partial charge in [0.15, 0.2) is 5.82 Å². The predicted molar refractivity (Wildman–Crippen MR) is 72.3 cm³/mol. The van der Waals surface area contributed by atoms with Crippen LogP contribution in [0, 0.1) is 6.92 Å². The standard InChI is InChI=1S/C14H15N3O3/c1-9-5-4-6-11(15-9)14-16-10(8-13(18)20-3)7-12(17-14)19-2/h4-7H,8H2,1-3H3. The van der Waals surface area contributed by atoms with Gasteiger partial charge < -0.3 is 9.47 Å². The number of ether oxygens (including phenoxy) is 2. The lowest BCUT2D eigenvalue weighted by Crippen LogP contribution is -2.08. The third kappa shape index (κ3) is 3.28. The van der Waals surface area contributed by atoms with E-state index in [2.05, 4.69) is 19.7 Å². The molecule has 0 aliphatic carbocycles. The summed E-state index contributed by atoms with van der Waals surface area (Å²) < 4.78 is 9.77. The van der Waals surface area contributed by atoms with Gasteiger partial charge in [-0.25, -0.2) is 9.97 Å². The lowest BCUT2D eigenvalue weighted by molar-refractivity contribution is -0.139. The van der Waals surface area contributed by atoms with Crippen LogP contribution in [0.4, 0.5) is 0 Å². The molecule has 2 rings (SSSR count). The van der Waals surface area contributed by atoms with Crippen molar-refractivity contribution in [3.05, 3.63) is 35.7 Å². The maximum atomic E-state index is 11.3. The zero-order valence-electron chi connectivity index (χ0n) is 11.6. The molecule has 0 aromatic carbocycles. The maximum Gasteiger partial charge on any atom is 0.311 e. The topological polar surface area (TPSA) is 74.2 Å². The SMILES string of the molecule is COC(=O)Cc1cc(OC)nc(-c2cccc(C)n2)n1. The highest BCUT2D eigenvalue weighted by molar-refractivity contribution is 5.72. The van der Waals surface area contributed by atoms with Crippen molar-refractivity contribution in [3.63, 3.8) is 0 Å². The summed E-state index contributed by atoms with van der Waals surface area (Å²) in [5.41, 5.74) is 2.03. The Labute approximate surface area is 116 Å². The number of carbonyl (C=O) groups is 1. The smallest absolute Gasteiger partial charge is 0.311 e. The molecule has 2 aromatic rings. The van der Waals surface area contributed by atoms with E-state index in [1.54, 1.807) is 6.07 Å². The Bertz CT molecular complexity index is 629. The van der Waals surface area contributed by atoms with Crippen molar-refractivity contribution in [2.45, 2.75) is 13.3 Å². The largest absolute Gasteiger partial charge is 0.481 e. The lowest BCUT2D eigenvalue weighted by atomic mass is 10.2. The number of hydrogen-bond donors (Lipinski definition) is 0. The van der Waals surface area contributed by atoms with E-state index < -0.39 is 0 Å². The number of nitrogens with zero attached hydrogens (tertiary/aromatic N) is 3. The number of methoxy groups -OCH3 is 2. The van der Waals surface area contributed by atoms with Crippen LogP contribution in [-0.4, -0.2) is 35.1 Å². The maximum absolute atomic E-state index is 11.3. The van der Waals surface area contributed by atoms with Crippen LogP contribution in [0.25, 0.3) is 11.5 Å². The number of hydrogen-bond acceptors (Lipinski definition) is 6. The fourth-order valence-electron chi connectivity index (χ4n) is 1.67. The first kappa shape index (κ1) is 13.9. The van der Waals surface area contributed by atoms with Crippen LogP contribution >= 0.6 is 0 Å². The van der Waals surface area contributed by atoms with Gasteiger partial charge in [0.25, 0.3) is 0 Å². The Morgan fingerprint density at radius 1 is 1.20 bits per heavy atom. The van der Waals surface area contributed by atoms with E-state index in [0.717, 1.165) is 5.69 Å². The molecule has 104 valence electrons. The van der Waals surface area contributed by atoms with Crippen LogP contribution in [0.5, 0.6) is 5.88 Å². The van der Waals surface area contributed by atoms with Crippen LogP contribution in [0.2, 0.25) is 0 Å². The van der Waals surface area contributed by atoms with Crippen LogP contribution in [0.15, 0.2) is 24.3 Å². The zero-order chi connectivity index (χ0) is 14.5. The highest BCUT2D eigenvalue weighted by Crippen LogP contribution is 2.18. The number of aryl methyl sites for hydroxylation is 1. The zero-order valence-corrected chi connectivity index (χ0v) is 11.6. The normalized spacial score (nSPS) is 10.2. The van der Waals surface area contributed by atoms with Gasteiger partial charge in [-0.3, -0.25) is 4.79 Å². The van der Waals surface area contributed by atoms with Gasteiger partial charge >= 0.3 is 5.97 Å². The second-order valence-electron chi connectivity index (χ2n) is 4.14. The molecule has 0 aliphatic rings. The lowest BCUT2D eigenvalue weighted by Gasteiger charge is -2.07. The Balaban J connectivity index is 2.42. The van der Waals surface area contributed by atoms with E-state index in [1.165, 1.54) is 14.2 Å². The summed E-state index contributed by atoms with van der Waals surface area (Å²) in [5, 5.41) is 0. The molecular weight excluding hydrogens is 258 g/mol. The van der Waals surface area contributed by atoms with Gasteiger partial charge in [0.2, 0.25) is 5.88 Å². The van der Waals surface area contributed by atoms with Crippen LogP contribution < -0.4 is 4.74 Å². The molecule has 0 bridgehead atoms. The molecule has 0 aliphatic heterocycles. The van der Waals surface area contributed by atoms with Gasteiger partial charge in [0, 0.05) is 11.8 Å². The number of pyridine rings is 1. The highest BCUT2D eigenvalue weighted by atomic mass is 16.5. The Morgan fingerprint density at radius 3 is 2.65 bits per heavy atom. The summed E-state index contributed by atoms with van der Waals surface area (Å²) in [6.07, 6.45) is 0.0637. The quantitative estimate of drug-likeness (QED) is 0.787. The van der Waals surface area contributed by atoms with Crippen molar-refractivity contribution < 1.29 is 14.3 Å². The monoisotopic (exact) mass is 273 g/mol. The summed E-state index contributed by atoms with van der Waals surface area (Å²) in [4.78, 5) is 24.3. The van der Waals surface area contributed by atoms with Crippen molar-refractivity contribution in [1.82, 2.24) is 15.0 Å². The number of carbonyl (C=O) groups excluding carboxylic acids is 1. The van der Waals surface area contributed by atoms with Gasteiger partial charge in [-0.1, -0.05) is 6.07 Å². The predicted octanol–water partition coefficient (Wildman–Crippen LogP) is 1.57. The molecule has 0 saturated carbocycles. The van der Waals surface area contributed by atoms with Crippen molar-refractivity contribution >= 4 is 5.97 Å². The minimum absolute atomic E-state index is 0.0637. The fourth-order valence-corrected chi connectivity index (χ4v) is 1.67. The summed E-state index contributed by atoms with van der Waals surface area (Å²) >= 11 is 0. The summed E-state index contributed by atoms with van der Waals surface area (Å²) in [6, 6.07) is 7.18. The molecular formula is C14H15N3O3. The van der Waals surface area contributed by atoms with Gasteiger partial charge in [0.05, 0.1) is 26.3 Å². The first-order valence-corrected chi connectivity index (χ1v) is 6.05. The van der Waals surface area contributed by atoms with Crippen LogP contribution in [-0.2, 0) is 16.0 Å². The van der Waals surface area contributed by atoms with E-state index in [4.69, 9.17) is 4.74 Å². The molecule has 0 saturated heterocycles. The van der Waals surface area contributed by atoms with E-state index in [-0.39, 0.29) is 12.4 Å². The molecule has 0 N–H and O–H groups in total. The Hall–Kier alpha value is -2.50. The van der Waals surface area contributed by atoms with Crippen molar-refractivity contribution in [2.75, 3.05) is 14.2 Å². The Kier molecular flexibility index (Phi) is 4.24. The summed E-state index contributed by atoms with van der Waals surface area (Å²) in [5.74, 6) is 0.443. The molecule has 2 aromatic heterocycles. The molecule has 0 spiro atoms. The van der Waals surface area contributed by atoms with Crippen LogP contribution in [0.3, 0.4) is 0 Å². The molecule has 2 heterocycles. The molecule has 20 heavy (non-hydrogen) atoms. The third-order valence-electron chi connectivity index (χ3n) is 2.64. The molecule has 0 fully saturated rings. The Morgan fingerprint density at radius 2 is 2.00 bits per heavy atom. The highest BCUT2D eigenvalue weighted by Gasteiger charge is 2.11. The van der Waals surface area contributed by atoms with E-state index >= 15 is 0 Å². The number of aromatic nitrogens is 3. The minimum Gasteiger partial charge on any atom is -0.481 e. The van der Waals surface area contributed by atoms with Gasteiger partial charge in [-0.2, -0.15) is 4.98 Å². The molecule has 0 radical (unpaired) electrons. The average Bonchev–Trinajstić information content (AvgIpc) is 2.46.